The number of alkyl halides is 3. The van der Waals surface area contributed by atoms with Crippen LogP contribution in [-0.2, 0) is 23.9 Å². The molecule has 0 saturated carbocycles. The van der Waals surface area contributed by atoms with Crippen molar-refractivity contribution >= 4 is 150 Å². The number of nitrogens with one attached hydrogen (secondary N) is 3. The predicted molar refractivity (Wildman–Crippen MR) is 490 cm³/mol. The molecule has 5 aromatic heterocycles. The standard InChI is InChI=1S/C20H23FN6O3.C19H23BrFN5O3.C16H14FN7O.C8H5BrN4O2.C8H7BrN4.C6H4BrN3.C6H6BrN/c1-19(2,3)30-18(29)26-9-5-8-20(21,13-26)17(28)23-16-12-27(25-24-16)15-7-4-6-14(10-15)11-22;1-18(2,3)29-17(28)25-9-5-8-19(21,12-25)16(27)22-15-11-26(24-23-15)14-7-4-6-13(20)10-14;17-16(5-2-6-23(10-16)11-19)15(25)20-14-9-24(22-21-14)13-4-1-3-12(7-13)8-18;9-6-2-1-3-7(4-6)12-5-8(10-11-12)13(14)15;9-6-2-1-3-7(4-6)13-5-8(10)11-12-13;7-5-2-1-3-6(4-5)9-10-8;7-5-2-1-3-6(8)4-5/h4,6-7,10,12H,5,8-9,13H2,1-3H3,(H,23,28);4,6-7,10-11H,5,8-9,12H2,1-3H3,(H,22,27);1,3-4,7,9H,2,5-6,10H2,(H,20,25);1-5H;1-5H,10H2;1-4H;1-4H,8H2/t;;16-;;;;/m..1..../s1. The fraction of sp³-hybridized carbons (Fsp3) is 0.277. The zero-order valence-corrected chi connectivity index (χ0v) is 78.0. The number of nitrogens with two attached hydrogens (primary N) is 2. The number of benzene rings is 7. The number of nitro groups is 1. The molecular weight excluding hydrogens is 2020 g/mol. The summed E-state index contributed by atoms with van der Waals surface area (Å²) in [6.07, 6.45) is 9.02. The fourth-order valence-corrected chi connectivity index (χ4v) is 13.9. The topological polar surface area (TPSA) is 518 Å². The van der Waals surface area contributed by atoms with Crippen LogP contribution in [0.3, 0.4) is 0 Å². The van der Waals surface area contributed by atoms with Crippen LogP contribution in [0.5, 0.6) is 0 Å². The van der Waals surface area contributed by atoms with Crippen LogP contribution in [0.1, 0.15) is 91.2 Å². The summed E-state index contributed by atoms with van der Waals surface area (Å²) in [6, 6.07) is 54.5. The minimum atomic E-state index is -2.26. The minimum absolute atomic E-state index is 0.0118. The van der Waals surface area contributed by atoms with E-state index in [2.05, 4.69) is 157 Å². The molecule has 3 fully saturated rings. The molecule has 39 nitrogen and oxygen atoms in total. The zero-order chi connectivity index (χ0) is 94.5. The van der Waals surface area contributed by atoms with Crippen molar-refractivity contribution in [2.45, 2.75) is 108 Å². The van der Waals surface area contributed by atoms with Gasteiger partial charge in [0.15, 0.2) is 29.5 Å². The first-order valence-corrected chi connectivity index (χ1v) is 42.9. The summed E-state index contributed by atoms with van der Waals surface area (Å²) < 4.78 is 68.0. The van der Waals surface area contributed by atoms with E-state index >= 15 is 8.78 Å². The number of hydrogen-bond acceptors (Lipinski definition) is 26. The fourth-order valence-electron chi connectivity index (χ4n) is 11.9. The second-order valence-corrected chi connectivity index (χ2v) is 35.0. The summed E-state index contributed by atoms with van der Waals surface area (Å²) in [6.45, 7) is 10.4. The Morgan fingerprint density at radius 3 is 1.17 bits per heavy atom. The molecule has 3 aliphatic rings. The van der Waals surface area contributed by atoms with Crippen LogP contribution >= 0.6 is 79.6 Å². The normalized spacial score (nSPS) is 16.0. The molecule has 8 heterocycles. The lowest BCUT2D eigenvalue weighted by atomic mass is 9.94. The number of ether oxygens (including phenoxy) is 2. The number of rotatable bonds is 13. The largest absolute Gasteiger partial charge is 0.444 e. The summed E-state index contributed by atoms with van der Waals surface area (Å²) in [7, 11) is 0. The molecule has 5 amide bonds. The van der Waals surface area contributed by atoms with Crippen molar-refractivity contribution < 1.29 is 51.5 Å². The maximum Gasteiger partial charge on any atom is 0.410 e. The second-order valence-electron chi connectivity index (χ2n) is 30.4. The number of amides is 5. The highest BCUT2D eigenvalue weighted by molar-refractivity contribution is 9.11. The quantitative estimate of drug-likeness (QED) is 0.0136. The summed E-state index contributed by atoms with van der Waals surface area (Å²) in [5.74, 6) is -2.16. The van der Waals surface area contributed by atoms with Gasteiger partial charge in [-0.15, -0.1) is 20.4 Å². The van der Waals surface area contributed by atoms with Gasteiger partial charge in [0, 0.05) is 58.3 Å². The van der Waals surface area contributed by atoms with Gasteiger partial charge in [0.2, 0.25) is 17.0 Å². The van der Waals surface area contributed by atoms with E-state index in [0.29, 0.717) is 78.6 Å². The Hall–Kier alpha value is -14.0. The number of hydrogen-bond donors (Lipinski definition) is 5. The van der Waals surface area contributed by atoms with Crippen molar-refractivity contribution in [1.82, 2.24) is 89.7 Å². The van der Waals surface area contributed by atoms with E-state index < -0.39 is 69.6 Å². The molecule has 3 saturated heterocycles. The number of halogens is 8. The number of likely N-dealkylation sites (tertiary alicyclic amines) is 3. The van der Waals surface area contributed by atoms with Crippen molar-refractivity contribution in [3.8, 4) is 46.8 Å². The van der Waals surface area contributed by atoms with Crippen LogP contribution < -0.4 is 27.4 Å². The van der Waals surface area contributed by atoms with Crippen LogP contribution in [0, 0.1) is 44.2 Å². The van der Waals surface area contributed by atoms with E-state index in [1.54, 1.807) is 125 Å². The van der Waals surface area contributed by atoms with Crippen molar-refractivity contribution in [2.24, 2.45) is 5.11 Å². The van der Waals surface area contributed by atoms with Crippen molar-refractivity contribution in [3.63, 3.8) is 0 Å². The maximum atomic E-state index is 15.4. The molecule has 12 aromatic rings. The number of anilines is 5. The Bertz CT molecular complexity index is 6140. The highest BCUT2D eigenvalue weighted by atomic mass is 79.9. The average molecular weight is 2100 g/mol. The first kappa shape index (κ1) is 99.7. The van der Waals surface area contributed by atoms with Crippen molar-refractivity contribution in [3.05, 3.63) is 255 Å². The Labute approximate surface area is 783 Å². The third-order valence-corrected chi connectivity index (χ3v) is 20.4. The number of nitrogen functional groups attached to an aromatic ring is 2. The first-order valence-electron chi connectivity index (χ1n) is 39.0. The summed E-state index contributed by atoms with van der Waals surface area (Å²) in [4.78, 5) is 78.1. The molecule has 674 valence electrons. The summed E-state index contributed by atoms with van der Waals surface area (Å²) in [5.41, 5.74) is 16.8. The number of nitriles is 3. The molecule has 7 N–H and O–H groups in total. The lowest BCUT2D eigenvalue weighted by Gasteiger charge is -2.36. The summed E-state index contributed by atoms with van der Waals surface area (Å²) >= 11 is 16.6. The Morgan fingerprint density at radius 1 is 0.485 bits per heavy atom. The molecule has 2 unspecified atom stereocenters. The third kappa shape index (κ3) is 30.6. The molecule has 0 bridgehead atoms. The Balaban J connectivity index is 0.000000178. The van der Waals surface area contributed by atoms with E-state index in [1.165, 1.54) is 58.2 Å². The van der Waals surface area contributed by atoms with Gasteiger partial charge in [-0.3, -0.25) is 14.4 Å². The highest BCUT2D eigenvalue weighted by Gasteiger charge is 2.47. The van der Waals surface area contributed by atoms with Gasteiger partial charge in [0.05, 0.1) is 101 Å². The molecule has 130 heavy (non-hydrogen) atoms. The van der Waals surface area contributed by atoms with Gasteiger partial charge in [-0.2, -0.15) is 20.5 Å². The van der Waals surface area contributed by atoms with Crippen LogP contribution in [0.4, 0.5) is 63.2 Å². The predicted octanol–water partition coefficient (Wildman–Crippen LogP) is 16.9. The van der Waals surface area contributed by atoms with E-state index in [1.807, 2.05) is 115 Å². The number of nitrogens with zero attached hydrogens (tertiary/aromatic N) is 25. The van der Waals surface area contributed by atoms with Gasteiger partial charge < -0.3 is 61.7 Å². The van der Waals surface area contributed by atoms with Crippen molar-refractivity contribution in [2.75, 3.05) is 66.7 Å². The number of azide groups is 1. The molecule has 0 aliphatic carbocycles. The first-order chi connectivity index (χ1) is 61.7. The third-order valence-electron chi connectivity index (χ3n) is 17.9. The Kier molecular flexibility index (Phi) is 35.4. The van der Waals surface area contributed by atoms with E-state index in [0.717, 1.165) is 39.4 Å². The van der Waals surface area contributed by atoms with Gasteiger partial charge in [-0.05, 0) is 212 Å². The van der Waals surface area contributed by atoms with E-state index in [4.69, 9.17) is 42.3 Å². The van der Waals surface area contributed by atoms with Crippen LogP contribution in [0.2, 0.25) is 0 Å². The van der Waals surface area contributed by atoms with Crippen LogP contribution in [-0.4, -0.2) is 192 Å². The van der Waals surface area contributed by atoms with Crippen LogP contribution in [0.25, 0.3) is 38.9 Å². The number of carbonyl (C=O) groups excluding carboxylic acids is 5. The molecule has 3 atom stereocenters. The van der Waals surface area contributed by atoms with Gasteiger partial charge in [-0.25, -0.2) is 41.5 Å². The summed E-state index contributed by atoms with van der Waals surface area (Å²) in [5, 5.41) is 85.8. The monoisotopic (exact) mass is 2090 g/mol. The molecule has 0 radical (unpaired) electrons. The van der Waals surface area contributed by atoms with Gasteiger partial charge >= 0.3 is 18.0 Å². The highest BCUT2D eigenvalue weighted by Crippen LogP contribution is 2.33. The number of piperidine rings is 3. The molecular formula is C83H82Br5F3N30O9. The molecule has 3 aliphatic heterocycles. The smallest absolute Gasteiger partial charge is 0.410 e. The van der Waals surface area contributed by atoms with Gasteiger partial charge in [0.1, 0.15) is 22.5 Å². The molecule has 0 spiro atoms. The van der Waals surface area contributed by atoms with E-state index in [9.17, 15) is 38.5 Å². The van der Waals surface area contributed by atoms with Gasteiger partial charge in [-0.1, -0.05) is 154 Å². The SMILES string of the molecule is CC(C)(C)OC(=O)N1CCCC(F)(C(=O)Nc2cn(-c3cccc(Br)c3)nn2)C1.CC(C)(C)OC(=O)N1CCCC(F)(C(=O)Nc2cn(-c3cccc(C#N)c3)nn2)C1.N#Cc1cccc(-n2cc(NC(=O)[C@@]3(F)CCCN(C#N)C3)nn2)c1.Nc1cccc(Br)c1.Nc1cn(-c2cccc(Br)c2)nn1.O=[N+]([O-])c1cn(-c2cccc(Br)c2)nn1.[N-]=[N+]=Nc1cccc(Br)c1. The second kappa shape index (κ2) is 46.1. The zero-order valence-electron chi connectivity index (χ0n) is 70.1. The van der Waals surface area contributed by atoms with E-state index in [-0.39, 0.29) is 55.6 Å². The molecule has 47 heteroatoms. The average Bonchev–Trinajstić information content (AvgIpc) is 1.46. The minimum Gasteiger partial charge on any atom is -0.444 e. The maximum absolute atomic E-state index is 15.4. The van der Waals surface area contributed by atoms with Crippen LogP contribution in [0.15, 0.2) is 228 Å². The number of aromatic nitrogens is 15. The molecule has 7 aromatic carbocycles. The van der Waals surface area contributed by atoms with Gasteiger partial charge in [0.25, 0.3) is 17.7 Å². The lowest BCUT2D eigenvalue weighted by Crippen LogP contribution is -2.54. The molecule has 15 rings (SSSR count). The van der Waals surface area contributed by atoms with Crippen molar-refractivity contribution in [1.29, 1.82) is 15.8 Å². The lowest BCUT2D eigenvalue weighted by molar-refractivity contribution is -0.389. The number of carbonyl (C=O) groups is 5. The Morgan fingerprint density at radius 2 is 0.831 bits per heavy atom.